The second kappa shape index (κ2) is 12.7. The van der Waals surface area contributed by atoms with Crippen molar-refractivity contribution in [3.8, 4) is 0 Å². The van der Waals surface area contributed by atoms with Crippen molar-refractivity contribution in [1.29, 1.82) is 0 Å². The van der Waals surface area contributed by atoms with E-state index in [-0.39, 0.29) is 37.6 Å². The molecule has 25 heavy (non-hydrogen) atoms. The minimum atomic E-state index is -0.623. The normalized spacial score (nSPS) is 17.3. The van der Waals surface area contributed by atoms with Gasteiger partial charge in [0.2, 0.25) is 0 Å². The van der Waals surface area contributed by atoms with Crippen LogP contribution in [0, 0.1) is 5.92 Å². The van der Waals surface area contributed by atoms with Gasteiger partial charge in [-0.05, 0) is 6.42 Å². The highest BCUT2D eigenvalue weighted by molar-refractivity contribution is 5.70. The summed E-state index contributed by atoms with van der Waals surface area (Å²) >= 11 is 0. The van der Waals surface area contributed by atoms with Crippen LogP contribution >= 0.6 is 0 Å². The molecular weight excluding hydrogens is 324 g/mol. The molecule has 7 nitrogen and oxygen atoms in total. The van der Waals surface area contributed by atoms with Gasteiger partial charge < -0.3 is 24.8 Å². The van der Waals surface area contributed by atoms with Crippen LogP contribution in [0.4, 0.5) is 4.79 Å². The van der Waals surface area contributed by atoms with E-state index in [0.29, 0.717) is 19.5 Å². The first kappa shape index (κ1) is 21.4. The fourth-order valence-electron chi connectivity index (χ4n) is 2.42. The van der Waals surface area contributed by atoms with Gasteiger partial charge in [0.25, 0.3) is 0 Å². The van der Waals surface area contributed by atoms with E-state index in [1.807, 2.05) is 19.9 Å². The molecule has 0 aromatic heterocycles. The maximum absolute atomic E-state index is 11.8. The van der Waals surface area contributed by atoms with Gasteiger partial charge in [-0.3, -0.25) is 4.79 Å². The Bertz CT molecular complexity index is 422. The van der Waals surface area contributed by atoms with Gasteiger partial charge in [0.05, 0.1) is 19.1 Å². The highest BCUT2D eigenvalue weighted by Crippen LogP contribution is 2.07. The van der Waals surface area contributed by atoms with Crippen molar-refractivity contribution in [2.24, 2.45) is 5.92 Å². The molecule has 0 aromatic carbocycles. The van der Waals surface area contributed by atoms with Crippen LogP contribution in [0.15, 0.2) is 12.2 Å². The van der Waals surface area contributed by atoms with Crippen molar-refractivity contribution in [3.63, 3.8) is 0 Å². The van der Waals surface area contributed by atoms with Gasteiger partial charge in [-0.1, -0.05) is 38.8 Å². The lowest BCUT2D eigenvalue weighted by Crippen LogP contribution is -2.46. The predicted molar refractivity (Wildman–Crippen MR) is 95.2 cm³/mol. The summed E-state index contributed by atoms with van der Waals surface area (Å²) in [5, 5.41) is 12.9. The Balaban J connectivity index is 2.12. The van der Waals surface area contributed by atoms with E-state index in [0.717, 1.165) is 25.9 Å². The molecular formula is C18H32N2O5. The Morgan fingerprint density at radius 2 is 2.00 bits per heavy atom. The topological polar surface area (TPSA) is 88.1 Å². The van der Waals surface area contributed by atoms with Crippen LogP contribution in [0.2, 0.25) is 0 Å². The number of carbonyl (C=O) groups is 2. The second-order valence-electron chi connectivity index (χ2n) is 6.40. The van der Waals surface area contributed by atoms with Gasteiger partial charge in [0.15, 0.2) is 0 Å². The van der Waals surface area contributed by atoms with Gasteiger partial charge in [0, 0.05) is 32.1 Å². The molecule has 7 heteroatoms. The Kier molecular flexibility index (Phi) is 10.9. The fourth-order valence-corrected chi connectivity index (χ4v) is 2.42. The second-order valence-corrected chi connectivity index (χ2v) is 6.40. The van der Waals surface area contributed by atoms with Gasteiger partial charge in [0.1, 0.15) is 6.61 Å². The number of aliphatic hydroxyl groups is 1. The van der Waals surface area contributed by atoms with Crippen LogP contribution < -0.4 is 5.32 Å². The zero-order chi connectivity index (χ0) is 18.5. The van der Waals surface area contributed by atoms with Crippen molar-refractivity contribution in [3.05, 3.63) is 12.2 Å². The highest BCUT2D eigenvalue weighted by Gasteiger charge is 2.16. The third-order valence-corrected chi connectivity index (χ3v) is 3.94. The van der Waals surface area contributed by atoms with E-state index < -0.39 is 6.10 Å². The molecule has 2 unspecified atom stereocenters. The van der Waals surface area contributed by atoms with E-state index in [9.17, 15) is 14.7 Å². The largest absolute Gasteiger partial charge is 0.465 e. The number of aliphatic hydroxyl groups excluding tert-OH is 1. The molecule has 1 fully saturated rings. The molecule has 1 amide bonds. The Hall–Kier alpha value is -1.60. The summed E-state index contributed by atoms with van der Waals surface area (Å²) in [6.07, 6.45) is 5.25. The average molecular weight is 356 g/mol. The molecule has 1 heterocycles. The van der Waals surface area contributed by atoms with E-state index in [4.69, 9.17) is 9.47 Å². The number of nitrogens with zero attached hydrogens (tertiary/aromatic N) is 1. The number of unbranched alkanes of at least 4 members (excludes halogenated alkanes) is 1. The van der Waals surface area contributed by atoms with Crippen LogP contribution in [0.5, 0.6) is 0 Å². The lowest BCUT2D eigenvalue weighted by molar-refractivity contribution is -0.146. The number of hydrogen-bond donors (Lipinski definition) is 2. The quantitative estimate of drug-likeness (QED) is 0.458. The third kappa shape index (κ3) is 10.1. The van der Waals surface area contributed by atoms with Gasteiger partial charge in [-0.2, -0.15) is 0 Å². The molecule has 1 rings (SSSR count). The molecule has 0 saturated carbocycles. The lowest BCUT2D eigenvalue weighted by atomic mass is 10.1. The monoisotopic (exact) mass is 356 g/mol. The van der Waals surface area contributed by atoms with Gasteiger partial charge in [-0.25, -0.2) is 4.79 Å². The molecule has 0 bridgehead atoms. The van der Waals surface area contributed by atoms with Crippen molar-refractivity contribution < 1.29 is 24.2 Å². The maximum Gasteiger partial charge on any atom is 0.410 e. The minimum absolute atomic E-state index is 0.0228. The highest BCUT2D eigenvalue weighted by atomic mass is 16.6. The van der Waals surface area contributed by atoms with Crippen molar-refractivity contribution in [2.75, 3.05) is 39.4 Å². The third-order valence-electron chi connectivity index (χ3n) is 3.94. The number of piperazine rings is 1. The maximum atomic E-state index is 11.8. The standard InChI is InChI=1S/C18H32N2O5/c1-3-4-7-16(21)13-17(22)25-14-15(2)6-5-12-24-18(23)20-10-8-19-9-11-20/h5-6,15-16,19,21H,3-4,7-14H2,1-2H3/b6-5+. The van der Waals surface area contributed by atoms with Crippen LogP contribution in [-0.2, 0) is 14.3 Å². The van der Waals surface area contributed by atoms with E-state index in [1.54, 1.807) is 11.0 Å². The number of amides is 1. The molecule has 0 aliphatic carbocycles. The Morgan fingerprint density at radius 3 is 2.68 bits per heavy atom. The summed E-state index contributed by atoms with van der Waals surface area (Å²) in [5.41, 5.74) is 0. The molecule has 1 saturated heterocycles. The van der Waals surface area contributed by atoms with E-state index in [1.165, 1.54) is 0 Å². The van der Waals surface area contributed by atoms with Crippen LogP contribution in [0.1, 0.15) is 39.5 Å². The fraction of sp³-hybridized carbons (Fsp3) is 0.778. The number of hydrogen-bond acceptors (Lipinski definition) is 6. The molecule has 0 spiro atoms. The molecule has 144 valence electrons. The molecule has 0 aromatic rings. The van der Waals surface area contributed by atoms with Crippen molar-refractivity contribution in [2.45, 2.75) is 45.6 Å². The number of rotatable bonds is 10. The Labute approximate surface area is 150 Å². The van der Waals surface area contributed by atoms with E-state index in [2.05, 4.69) is 5.32 Å². The van der Waals surface area contributed by atoms with Gasteiger partial charge in [-0.15, -0.1) is 0 Å². The van der Waals surface area contributed by atoms with Crippen molar-refractivity contribution >= 4 is 12.1 Å². The first-order valence-electron chi connectivity index (χ1n) is 9.15. The van der Waals surface area contributed by atoms with Crippen LogP contribution in [-0.4, -0.2) is 67.6 Å². The predicted octanol–water partition coefficient (Wildman–Crippen LogP) is 1.70. The summed E-state index contributed by atoms with van der Waals surface area (Å²) in [6, 6.07) is 0. The summed E-state index contributed by atoms with van der Waals surface area (Å²) in [5.74, 6) is -0.358. The molecule has 1 aliphatic heterocycles. The van der Waals surface area contributed by atoms with Gasteiger partial charge >= 0.3 is 12.1 Å². The zero-order valence-corrected chi connectivity index (χ0v) is 15.4. The van der Waals surface area contributed by atoms with Crippen LogP contribution in [0.25, 0.3) is 0 Å². The van der Waals surface area contributed by atoms with Crippen LogP contribution in [0.3, 0.4) is 0 Å². The first-order valence-corrected chi connectivity index (χ1v) is 9.15. The van der Waals surface area contributed by atoms with E-state index >= 15 is 0 Å². The number of ether oxygens (including phenoxy) is 2. The molecule has 1 aliphatic rings. The smallest absolute Gasteiger partial charge is 0.410 e. The van der Waals surface area contributed by atoms with Crippen molar-refractivity contribution in [1.82, 2.24) is 10.2 Å². The number of carbonyl (C=O) groups excluding carboxylic acids is 2. The number of nitrogens with one attached hydrogen (secondary N) is 1. The zero-order valence-electron chi connectivity index (χ0n) is 15.4. The summed E-state index contributed by atoms with van der Waals surface area (Å²) in [6.45, 7) is 7.33. The average Bonchev–Trinajstić information content (AvgIpc) is 2.62. The SMILES string of the molecule is CCCCC(O)CC(=O)OCC(C)/C=C/COC(=O)N1CCNCC1. The Morgan fingerprint density at radius 1 is 1.28 bits per heavy atom. The molecule has 2 atom stereocenters. The summed E-state index contributed by atoms with van der Waals surface area (Å²) < 4.78 is 10.3. The molecule has 0 radical (unpaired) electrons. The minimum Gasteiger partial charge on any atom is -0.465 e. The molecule has 2 N–H and O–H groups in total. The first-order chi connectivity index (χ1) is 12.0. The lowest BCUT2D eigenvalue weighted by Gasteiger charge is -2.26. The number of esters is 1. The summed E-state index contributed by atoms with van der Waals surface area (Å²) in [7, 11) is 0. The summed E-state index contributed by atoms with van der Waals surface area (Å²) in [4.78, 5) is 25.1.